The van der Waals surface area contributed by atoms with Crippen LogP contribution in [0, 0.1) is 0 Å². The van der Waals surface area contributed by atoms with Crippen molar-refractivity contribution in [3.05, 3.63) is 48.9 Å². The van der Waals surface area contributed by atoms with Gasteiger partial charge in [-0.05, 0) is 12.1 Å². The first-order chi connectivity index (χ1) is 7.84. The van der Waals surface area contributed by atoms with Crippen LogP contribution in [-0.4, -0.2) is 4.98 Å². The number of aromatic nitrogens is 1. The maximum atomic E-state index is 5.56. The zero-order chi connectivity index (χ0) is 11.0. The van der Waals surface area contributed by atoms with Gasteiger partial charge in [-0.3, -0.25) is 0 Å². The fraction of sp³-hybridized carbons (Fsp3) is 0. The van der Waals surface area contributed by atoms with Crippen molar-refractivity contribution in [3.8, 4) is 11.3 Å². The largest absolute Gasteiger partial charge is 0.463 e. The fourth-order valence-corrected chi connectivity index (χ4v) is 1.76. The van der Waals surface area contributed by atoms with Gasteiger partial charge in [-0.25, -0.2) is 4.98 Å². The third-order valence-corrected chi connectivity index (χ3v) is 2.56. The van der Waals surface area contributed by atoms with Crippen molar-refractivity contribution >= 4 is 16.6 Å². The number of hydrogen-bond donors (Lipinski definition) is 1. The Morgan fingerprint density at radius 3 is 2.75 bits per heavy atom. The molecule has 2 aromatic heterocycles. The van der Waals surface area contributed by atoms with Crippen LogP contribution in [0.25, 0.3) is 22.1 Å². The monoisotopic (exact) mass is 210 g/mol. The molecule has 2 heterocycles. The molecule has 16 heavy (non-hydrogen) atoms. The van der Waals surface area contributed by atoms with E-state index in [0.29, 0.717) is 5.82 Å². The van der Waals surface area contributed by atoms with Gasteiger partial charge in [0.2, 0.25) is 0 Å². The van der Waals surface area contributed by atoms with Crippen LogP contribution in [-0.2, 0) is 0 Å². The van der Waals surface area contributed by atoms with Gasteiger partial charge in [0.05, 0.1) is 6.26 Å². The third-order valence-electron chi connectivity index (χ3n) is 2.56. The number of anilines is 1. The van der Waals surface area contributed by atoms with Gasteiger partial charge in [0.15, 0.2) is 0 Å². The maximum Gasteiger partial charge on any atom is 0.143 e. The third kappa shape index (κ3) is 1.34. The van der Waals surface area contributed by atoms with E-state index in [1.165, 1.54) is 0 Å². The molecule has 0 amide bonds. The van der Waals surface area contributed by atoms with E-state index in [-0.39, 0.29) is 0 Å². The maximum absolute atomic E-state index is 5.56. The molecule has 0 aliphatic carbocycles. The SMILES string of the molecule is Nc1ccc(-c2occ3ccccc23)cn1. The van der Waals surface area contributed by atoms with Gasteiger partial charge in [-0.15, -0.1) is 0 Å². The summed E-state index contributed by atoms with van der Waals surface area (Å²) in [6.07, 6.45) is 3.47. The Bertz CT molecular complexity index is 626. The molecule has 0 unspecified atom stereocenters. The van der Waals surface area contributed by atoms with Gasteiger partial charge in [-0.2, -0.15) is 0 Å². The van der Waals surface area contributed by atoms with Gasteiger partial charge in [0, 0.05) is 22.5 Å². The standard InChI is InChI=1S/C13H10N2O/c14-12-6-5-9(7-15-12)13-11-4-2-1-3-10(11)8-16-13/h1-8H,(H2,14,15). The number of hydrogen-bond acceptors (Lipinski definition) is 3. The summed E-state index contributed by atoms with van der Waals surface area (Å²) in [5, 5.41) is 2.18. The first-order valence-corrected chi connectivity index (χ1v) is 5.03. The van der Waals surface area contributed by atoms with Gasteiger partial charge in [-0.1, -0.05) is 24.3 Å². The van der Waals surface area contributed by atoms with Crippen LogP contribution in [0.3, 0.4) is 0 Å². The molecule has 0 bridgehead atoms. The highest BCUT2D eigenvalue weighted by Gasteiger charge is 2.07. The van der Waals surface area contributed by atoms with E-state index >= 15 is 0 Å². The summed E-state index contributed by atoms with van der Waals surface area (Å²) >= 11 is 0. The molecule has 0 radical (unpaired) electrons. The summed E-state index contributed by atoms with van der Waals surface area (Å²) in [4.78, 5) is 4.06. The van der Waals surface area contributed by atoms with Crippen molar-refractivity contribution in [2.75, 3.05) is 5.73 Å². The highest BCUT2D eigenvalue weighted by molar-refractivity contribution is 5.93. The van der Waals surface area contributed by atoms with Crippen molar-refractivity contribution in [2.24, 2.45) is 0 Å². The summed E-state index contributed by atoms with van der Waals surface area (Å²) in [6.45, 7) is 0. The van der Waals surface area contributed by atoms with Crippen molar-refractivity contribution in [2.45, 2.75) is 0 Å². The second-order valence-corrected chi connectivity index (χ2v) is 3.62. The van der Waals surface area contributed by atoms with Gasteiger partial charge < -0.3 is 10.2 Å². The van der Waals surface area contributed by atoms with Crippen LogP contribution in [0.5, 0.6) is 0 Å². The zero-order valence-corrected chi connectivity index (χ0v) is 8.55. The van der Waals surface area contributed by atoms with E-state index < -0.39 is 0 Å². The molecule has 0 fully saturated rings. The van der Waals surface area contributed by atoms with Crippen LogP contribution >= 0.6 is 0 Å². The topological polar surface area (TPSA) is 52.0 Å². The van der Waals surface area contributed by atoms with E-state index in [1.54, 1.807) is 18.5 Å². The molecule has 3 rings (SSSR count). The van der Waals surface area contributed by atoms with E-state index in [9.17, 15) is 0 Å². The highest BCUT2D eigenvalue weighted by Crippen LogP contribution is 2.29. The van der Waals surface area contributed by atoms with Crippen molar-refractivity contribution in [3.63, 3.8) is 0 Å². The lowest BCUT2D eigenvalue weighted by atomic mass is 10.1. The molecule has 3 aromatic rings. The molecular weight excluding hydrogens is 200 g/mol. The van der Waals surface area contributed by atoms with Crippen LogP contribution in [0.15, 0.2) is 53.3 Å². The minimum absolute atomic E-state index is 0.514. The molecule has 3 nitrogen and oxygen atoms in total. The van der Waals surface area contributed by atoms with Crippen LogP contribution in [0.1, 0.15) is 0 Å². The Hall–Kier alpha value is -2.29. The van der Waals surface area contributed by atoms with E-state index in [1.807, 2.05) is 30.3 Å². The second-order valence-electron chi connectivity index (χ2n) is 3.62. The van der Waals surface area contributed by atoms with Gasteiger partial charge >= 0.3 is 0 Å². The van der Waals surface area contributed by atoms with Crippen LogP contribution in [0.4, 0.5) is 5.82 Å². The van der Waals surface area contributed by atoms with Crippen molar-refractivity contribution in [1.82, 2.24) is 4.98 Å². The lowest BCUT2D eigenvalue weighted by Gasteiger charge is -1.98. The van der Waals surface area contributed by atoms with E-state index in [0.717, 1.165) is 22.1 Å². The smallest absolute Gasteiger partial charge is 0.143 e. The average Bonchev–Trinajstić information content (AvgIpc) is 2.74. The molecule has 0 saturated heterocycles. The van der Waals surface area contributed by atoms with Gasteiger partial charge in [0.1, 0.15) is 11.6 Å². The average molecular weight is 210 g/mol. The molecule has 1 aromatic carbocycles. The summed E-state index contributed by atoms with van der Waals surface area (Å²) in [5.74, 6) is 1.35. The lowest BCUT2D eigenvalue weighted by molar-refractivity contribution is 0.587. The quantitative estimate of drug-likeness (QED) is 0.671. The molecule has 2 N–H and O–H groups in total. The van der Waals surface area contributed by atoms with Gasteiger partial charge in [0.25, 0.3) is 0 Å². The number of rotatable bonds is 1. The number of fused-ring (bicyclic) bond motifs is 1. The molecule has 78 valence electrons. The number of nitrogen functional groups attached to an aromatic ring is 1. The number of nitrogens with two attached hydrogens (primary N) is 1. The highest BCUT2D eigenvalue weighted by atomic mass is 16.3. The Morgan fingerprint density at radius 1 is 1.06 bits per heavy atom. The van der Waals surface area contributed by atoms with Crippen LogP contribution in [0.2, 0.25) is 0 Å². The molecule has 0 aliphatic rings. The summed E-state index contributed by atoms with van der Waals surface area (Å²) in [6, 6.07) is 11.7. The van der Waals surface area contributed by atoms with E-state index in [2.05, 4.69) is 4.98 Å². The van der Waals surface area contributed by atoms with Crippen molar-refractivity contribution in [1.29, 1.82) is 0 Å². The summed E-state index contributed by atoms with van der Waals surface area (Å²) < 4.78 is 5.56. The Balaban J connectivity index is 2.22. The minimum Gasteiger partial charge on any atom is -0.463 e. The Kier molecular flexibility index (Phi) is 1.90. The molecule has 3 heteroatoms. The second kappa shape index (κ2) is 3.38. The Morgan fingerprint density at radius 2 is 1.94 bits per heavy atom. The first-order valence-electron chi connectivity index (χ1n) is 5.03. The molecule has 0 spiro atoms. The Labute approximate surface area is 92.5 Å². The molecule has 0 atom stereocenters. The normalized spacial score (nSPS) is 10.8. The fourth-order valence-electron chi connectivity index (χ4n) is 1.76. The first kappa shape index (κ1) is 8.97. The predicted octanol–water partition coefficient (Wildman–Crippen LogP) is 3.08. The number of furan rings is 1. The summed E-state index contributed by atoms with van der Waals surface area (Å²) in [5.41, 5.74) is 6.49. The molecule has 0 saturated carbocycles. The minimum atomic E-state index is 0.514. The van der Waals surface area contributed by atoms with Crippen LogP contribution < -0.4 is 5.73 Å². The van der Waals surface area contributed by atoms with Crippen molar-refractivity contribution < 1.29 is 4.42 Å². The number of nitrogens with zero attached hydrogens (tertiary/aromatic N) is 1. The number of benzene rings is 1. The molecular formula is C13H10N2O. The summed E-state index contributed by atoms with van der Waals surface area (Å²) in [7, 11) is 0. The zero-order valence-electron chi connectivity index (χ0n) is 8.55. The predicted molar refractivity (Wildman–Crippen MR) is 63.9 cm³/mol. The molecule has 0 aliphatic heterocycles. The number of pyridine rings is 1. The van der Waals surface area contributed by atoms with E-state index in [4.69, 9.17) is 10.2 Å². The lowest BCUT2D eigenvalue weighted by Crippen LogP contribution is -1.88.